The monoisotopic (exact) mass is 395 g/mol. The molecule has 1 heterocycles. The number of aromatic carboxylic acids is 1. The predicted octanol–water partition coefficient (Wildman–Crippen LogP) is 2.78. The lowest BCUT2D eigenvalue weighted by molar-refractivity contribution is 0.0690. The molecule has 0 radical (unpaired) electrons. The average Bonchev–Trinajstić information content (AvgIpc) is 2.60. The Labute approximate surface area is 157 Å². The highest BCUT2D eigenvalue weighted by atomic mass is 32.2. The molecule has 2 aromatic rings. The van der Waals surface area contributed by atoms with E-state index in [1.165, 1.54) is 30.5 Å². The molecule has 0 aliphatic carbocycles. The molecule has 1 aromatic carbocycles. The molecule has 0 bridgehead atoms. The summed E-state index contributed by atoms with van der Waals surface area (Å²) in [5, 5.41) is 9.23. The van der Waals surface area contributed by atoms with Crippen LogP contribution in [0.4, 0.5) is 0 Å². The van der Waals surface area contributed by atoms with Gasteiger partial charge in [-0.2, -0.15) is 0 Å². The number of hydrogen-bond donors (Lipinski definition) is 1. The van der Waals surface area contributed by atoms with Gasteiger partial charge in [0.25, 0.3) is 0 Å². The van der Waals surface area contributed by atoms with Crippen LogP contribution in [0.1, 0.15) is 23.7 Å². The Bertz CT molecular complexity index is 894. The number of carboxylic acids is 1. The van der Waals surface area contributed by atoms with Crippen LogP contribution in [0, 0.1) is 0 Å². The average molecular weight is 395 g/mol. The second kappa shape index (κ2) is 8.83. The van der Waals surface area contributed by atoms with Crippen molar-refractivity contribution >= 4 is 15.8 Å². The number of carboxylic acid groups (broad SMARTS) is 1. The predicted molar refractivity (Wildman–Crippen MR) is 97.4 cm³/mol. The molecule has 1 N–H and O–H groups in total. The summed E-state index contributed by atoms with van der Waals surface area (Å²) in [6.07, 6.45) is 2.75. The van der Waals surface area contributed by atoms with E-state index in [0.29, 0.717) is 18.8 Å². The number of benzene rings is 1. The molecule has 1 aromatic heterocycles. The highest BCUT2D eigenvalue weighted by Gasteiger charge is 2.14. The minimum Gasteiger partial charge on any atom is -0.488 e. The molecule has 0 saturated carbocycles. The van der Waals surface area contributed by atoms with Gasteiger partial charge in [0.2, 0.25) is 0 Å². The molecule has 8 nitrogen and oxygen atoms in total. The Hall–Kier alpha value is -2.65. The molecule has 0 fully saturated rings. The van der Waals surface area contributed by atoms with Crippen molar-refractivity contribution in [1.82, 2.24) is 4.98 Å². The molecule has 27 heavy (non-hydrogen) atoms. The Morgan fingerprint density at radius 3 is 2.41 bits per heavy atom. The van der Waals surface area contributed by atoms with Crippen LogP contribution in [0.25, 0.3) is 0 Å². The van der Waals surface area contributed by atoms with Crippen LogP contribution in [0.3, 0.4) is 0 Å². The Morgan fingerprint density at radius 2 is 1.89 bits per heavy atom. The van der Waals surface area contributed by atoms with Crippen LogP contribution in [-0.4, -0.2) is 50.6 Å². The highest BCUT2D eigenvalue weighted by molar-refractivity contribution is 7.90. The van der Waals surface area contributed by atoms with Crippen molar-refractivity contribution in [3.63, 3.8) is 0 Å². The van der Waals surface area contributed by atoms with E-state index in [0.717, 1.165) is 6.26 Å². The SMILES string of the molecule is CCC(COC)Oc1cc(Oc2ccc(S(C)(=O)=O)nc2)cc(C(=O)O)c1. The van der Waals surface area contributed by atoms with Gasteiger partial charge in [-0.15, -0.1) is 0 Å². The van der Waals surface area contributed by atoms with Gasteiger partial charge in [0.05, 0.1) is 18.4 Å². The van der Waals surface area contributed by atoms with E-state index in [9.17, 15) is 18.3 Å². The fourth-order valence-corrected chi connectivity index (χ4v) is 2.78. The van der Waals surface area contributed by atoms with Crippen LogP contribution in [0.2, 0.25) is 0 Å². The number of carbonyl (C=O) groups is 1. The number of pyridine rings is 1. The van der Waals surface area contributed by atoms with Crippen molar-refractivity contribution in [2.45, 2.75) is 24.5 Å². The van der Waals surface area contributed by atoms with Crippen LogP contribution in [0.5, 0.6) is 17.2 Å². The largest absolute Gasteiger partial charge is 0.488 e. The summed E-state index contributed by atoms with van der Waals surface area (Å²) in [6, 6.07) is 7.05. The lowest BCUT2D eigenvalue weighted by atomic mass is 10.2. The minimum absolute atomic E-state index is 0.00418. The van der Waals surface area contributed by atoms with Gasteiger partial charge in [-0.25, -0.2) is 18.2 Å². The number of rotatable bonds is 9. The zero-order valence-corrected chi connectivity index (χ0v) is 16.0. The molecule has 0 saturated heterocycles. The van der Waals surface area contributed by atoms with Crippen molar-refractivity contribution in [3.8, 4) is 17.2 Å². The van der Waals surface area contributed by atoms with Crippen LogP contribution in [0.15, 0.2) is 41.6 Å². The maximum absolute atomic E-state index is 11.5. The molecule has 9 heteroatoms. The van der Waals surface area contributed by atoms with E-state index < -0.39 is 15.8 Å². The third-order valence-corrected chi connectivity index (χ3v) is 4.56. The van der Waals surface area contributed by atoms with E-state index in [2.05, 4.69) is 4.98 Å². The van der Waals surface area contributed by atoms with Crippen LogP contribution < -0.4 is 9.47 Å². The molecule has 1 unspecified atom stereocenters. The number of hydrogen-bond acceptors (Lipinski definition) is 7. The van der Waals surface area contributed by atoms with Gasteiger partial charge in [-0.05, 0) is 30.7 Å². The summed E-state index contributed by atoms with van der Waals surface area (Å²) in [5.41, 5.74) is -0.00418. The maximum Gasteiger partial charge on any atom is 0.335 e. The van der Waals surface area contributed by atoms with Crippen LogP contribution in [-0.2, 0) is 14.6 Å². The van der Waals surface area contributed by atoms with E-state index >= 15 is 0 Å². The Morgan fingerprint density at radius 1 is 1.19 bits per heavy atom. The molecular weight excluding hydrogens is 374 g/mol. The Kier molecular flexibility index (Phi) is 6.75. The van der Waals surface area contributed by atoms with E-state index in [-0.39, 0.29) is 28.2 Å². The summed E-state index contributed by atoms with van der Waals surface area (Å²) in [4.78, 5) is 15.2. The zero-order chi connectivity index (χ0) is 20.0. The molecule has 0 spiro atoms. The molecule has 146 valence electrons. The van der Waals surface area contributed by atoms with E-state index in [4.69, 9.17) is 14.2 Å². The summed E-state index contributed by atoms with van der Waals surface area (Å²) in [6.45, 7) is 2.29. The third kappa shape index (κ3) is 5.93. The summed E-state index contributed by atoms with van der Waals surface area (Å²) in [5.74, 6) is -0.309. The molecule has 2 rings (SSSR count). The molecule has 0 aliphatic heterocycles. The fourth-order valence-electron chi connectivity index (χ4n) is 2.22. The minimum atomic E-state index is -3.42. The first kappa shape index (κ1) is 20.7. The van der Waals surface area contributed by atoms with Crippen molar-refractivity contribution < 1.29 is 32.5 Å². The van der Waals surface area contributed by atoms with Crippen molar-refractivity contribution in [1.29, 1.82) is 0 Å². The van der Waals surface area contributed by atoms with Crippen molar-refractivity contribution in [3.05, 3.63) is 42.1 Å². The van der Waals surface area contributed by atoms with Gasteiger partial charge in [0.1, 0.15) is 23.4 Å². The van der Waals surface area contributed by atoms with Gasteiger partial charge >= 0.3 is 5.97 Å². The van der Waals surface area contributed by atoms with Gasteiger partial charge in [0.15, 0.2) is 14.9 Å². The summed E-state index contributed by atoms with van der Waals surface area (Å²) >= 11 is 0. The molecule has 0 aliphatic rings. The molecular formula is C18H21NO7S. The summed E-state index contributed by atoms with van der Waals surface area (Å²) < 4.78 is 39.4. The van der Waals surface area contributed by atoms with Gasteiger partial charge in [-0.1, -0.05) is 6.92 Å². The highest BCUT2D eigenvalue weighted by Crippen LogP contribution is 2.28. The topological polar surface area (TPSA) is 112 Å². The standard InChI is InChI=1S/C18H21NO7S/c1-4-13(11-24-2)25-15-7-12(18(20)21)8-16(9-15)26-14-5-6-17(19-10-14)27(3,22)23/h5-10,13H,4,11H2,1-3H3,(H,20,21). The quantitative estimate of drug-likeness (QED) is 0.690. The molecule has 0 amide bonds. The first-order chi connectivity index (χ1) is 12.7. The number of ether oxygens (including phenoxy) is 3. The lowest BCUT2D eigenvalue weighted by Crippen LogP contribution is -2.21. The number of nitrogens with zero attached hydrogens (tertiary/aromatic N) is 1. The van der Waals surface area contributed by atoms with E-state index in [1.807, 2.05) is 6.92 Å². The zero-order valence-electron chi connectivity index (χ0n) is 15.2. The number of aromatic nitrogens is 1. The third-order valence-electron chi connectivity index (χ3n) is 3.56. The van der Waals surface area contributed by atoms with E-state index in [1.54, 1.807) is 13.2 Å². The first-order valence-corrected chi connectivity index (χ1v) is 10.00. The maximum atomic E-state index is 11.5. The number of sulfone groups is 1. The van der Waals surface area contributed by atoms with Gasteiger partial charge in [-0.3, -0.25) is 0 Å². The van der Waals surface area contributed by atoms with Crippen molar-refractivity contribution in [2.24, 2.45) is 0 Å². The second-order valence-electron chi connectivity index (χ2n) is 5.81. The van der Waals surface area contributed by atoms with Crippen molar-refractivity contribution in [2.75, 3.05) is 20.0 Å². The first-order valence-electron chi connectivity index (χ1n) is 8.11. The lowest BCUT2D eigenvalue weighted by Gasteiger charge is -2.18. The van der Waals surface area contributed by atoms with Gasteiger partial charge in [0, 0.05) is 19.4 Å². The fraction of sp³-hybridized carbons (Fsp3) is 0.333. The Balaban J connectivity index is 2.28. The normalized spacial score (nSPS) is 12.4. The smallest absolute Gasteiger partial charge is 0.335 e. The number of methoxy groups -OCH3 is 1. The summed E-state index contributed by atoms with van der Waals surface area (Å²) in [7, 11) is -1.86. The van der Waals surface area contributed by atoms with Crippen LogP contribution >= 0.6 is 0 Å². The second-order valence-corrected chi connectivity index (χ2v) is 7.77. The molecule has 1 atom stereocenters. The van der Waals surface area contributed by atoms with Gasteiger partial charge < -0.3 is 19.3 Å².